The fraction of sp³-hybridized carbons (Fsp3) is 0.609. The van der Waals surface area contributed by atoms with Crippen LogP contribution in [0.1, 0.15) is 53.6 Å². The molecule has 3 N–H and O–H groups in total. The average molecular weight is 427 g/mol. The summed E-state index contributed by atoms with van der Waals surface area (Å²) in [7, 11) is 0. The summed E-state index contributed by atoms with van der Waals surface area (Å²) in [5.41, 5.74) is 9.02. The van der Waals surface area contributed by atoms with Gasteiger partial charge in [-0.15, -0.1) is 0 Å². The van der Waals surface area contributed by atoms with Gasteiger partial charge in [0.05, 0.1) is 6.10 Å². The Morgan fingerprint density at radius 2 is 1.90 bits per heavy atom. The second-order valence-corrected chi connectivity index (χ2v) is 9.29. The van der Waals surface area contributed by atoms with Crippen LogP contribution in [0.2, 0.25) is 0 Å². The Morgan fingerprint density at radius 1 is 1.10 bits per heavy atom. The van der Waals surface area contributed by atoms with Crippen LogP contribution in [0.15, 0.2) is 18.2 Å². The number of carbonyl (C=O) groups is 3. The van der Waals surface area contributed by atoms with Crippen molar-refractivity contribution in [2.45, 2.75) is 63.4 Å². The van der Waals surface area contributed by atoms with E-state index in [1.807, 2.05) is 12.1 Å². The lowest BCUT2D eigenvalue weighted by Crippen LogP contribution is -2.52. The zero-order chi connectivity index (χ0) is 21.5. The lowest BCUT2D eigenvalue weighted by molar-refractivity contribution is -0.136. The first kappa shape index (κ1) is 20.6. The molecule has 3 saturated heterocycles. The van der Waals surface area contributed by atoms with Crippen molar-refractivity contribution in [3.63, 3.8) is 0 Å². The molecule has 3 atom stereocenters. The van der Waals surface area contributed by atoms with E-state index in [1.165, 1.54) is 5.56 Å². The maximum Gasteiger partial charge on any atom is 0.255 e. The molecule has 3 amide bonds. The number of rotatable bonds is 4. The first-order chi connectivity index (χ1) is 15.0. The summed E-state index contributed by atoms with van der Waals surface area (Å²) in [6.07, 6.45) is 4.05. The number of nitrogens with two attached hydrogens (primary N) is 1. The summed E-state index contributed by atoms with van der Waals surface area (Å²) in [5, 5.41) is 2.35. The van der Waals surface area contributed by atoms with E-state index in [-0.39, 0.29) is 36.3 Å². The Kier molecular flexibility index (Phi) is 5.54. The van der Waals surface area contributed by atoms with Gasteiger partial charge in [0.2, 0.25) is 11.8 Å². The molecule has 1 aromatic rings. The number of piperidine rings is 2. The van der Waals surface area contributed by atoms with E-state index >= 15 is 0 Å². The first-order valence-electron chi connectivity index (χ1n) is 11.4. The summed E-state index contributed by atoms with van der Waals surface area (Å²) >= 11 is 0. The standard InChI is InChI=1S/C23H30N4O4/c24-18-7-10-31-21(18)15-5-8-26(9-6-15)12-14-1-2-17-16(11-14)13-27(23(17)30)19-3-4-20(28)25-22(19)29/h1-2,11,15,18-19,21H,3-10,12-13,24H2,(H,25,28,29)/t18-,19?,21+/m1/s1. The number of nitrogens with zero attached hydrogens (tertiary/aromatic N) is 2. The van der Waals surface area contributed by atoms with E-state index < -0.39 is 6.04 Å². The molecular weight excluding hydrogens is 396 g/mol. The highest BCUT2D eigenvalue weighted by molar-refractivity contribution is 6.05. The molecule has 4 aliphatic heterocycles. The van der Waals surface area contributed by atoms with Gasteiger partial charge in [0.25, 0.3) is 5.91 Å². The molecule has 4 heterocycles. The number of fused-ring (bicyclic) bond motifs is 1. The van der Waals surface area contributed by atoms with Crippen LogP contribution in [-0.2, 0) is 27.4 Å². The van der Waals surface area contributed by atoms with Crippen LogP contribution < -0.4 is 11.1 Å². The monoisotopic (exact) mass is 426 g/mol. The Morgan fingerprint density at radius 3 is 2.61 bits per heavy atom. The Balaban J connectivity index is 1.20. The van der Waals surface area contributed by atoms with Gasteiger partial charge in [-0.2, -0.15) is 0 Å². The fourth-order valence-electron chi connectivity index (χ4n) is 5.54. The van der Waals surface area contributed by atoms with Crippen LogP contribution >= 0.6 is 0 Å². The van der Waals surface area contributed by atoms with Crippen LogP contribution in [0.5, 0.6) is 0 Å². The molecule has 4 aliphatic rings. The molecule has 0 radical (unpaired) electrons. The number of imide groups is 1. The highest BCUT2D eigenvalue weighted by Crippen LogP contribution is 2.31. The van der Waals surface area contributed by atoms with Crippen molar-refractivity contribution in [1.29, 1.82) is 0 Å². The topological polar surface area (TPSA) is 105 Å². The van der Waals surface area contributed by atoms with Gasteiger partial charge >= 0.3 is 0 Å². The molecule has 8 heteroatoms. The van der Waals surface area contributed by atoms with Crippen LogP contribution in [0, 0.1) is 5.92 Å². The zero-order valence-corrected chi connectivity index (χ0v) is 17.7. The Bertz CT molecular complexity index is 896. The molecule has 0 saturated carbocycles. The summed E-state index contributed by atoms with van der Waals surface area (Å²) in [5.74, 6) is -0.206. The van der Waals surface area contributed by atoms with E-state index in [1.54, 1.807) is 4.90 Å². The molecule has 0 spiro atoms. The number of nitrogens with one attached hydrogen (secondary N) is 1. The van der Waals surface area contributed by atoms with Crippen molar-refractivity contribution in [1.82, 2.24) is 15.1 Å². The molecule has 31 heavy (non-hydrogen) atoms. The van der Waals surface area contributed by atoms with Gasteiger partial charge in [0.15, 0.2) is 0 Å². The first-order valence-corrected chi connectivity index (χ1v) is 11.4. The SMILES string of the molecule is N[C@@H]1CCO[C@H]1C1CCN(Cc2ccc3c(c2)CN(C2CCC(=O)NC2=O)C3=O)CC1. The largest absolute Gasteiger partial charge is 0.376 e. The van der Waals surface area contributed by atoms with Gasteiger partial charge in [-0.05, 0) is 61.9 Å². The van der Waals surface area contributed by atoms with Gasteiger partial charge in [-0.1, -0.05) is 12.1 Å². The van der Waals surface area contributed by atoms with Crippen LogP contribution in [0.4, 0.5) is 0 Å². The summed E-state index contributed by atoms with van der Waals surface area (Å²) < 4.78 is 5.86. The van der Waals surface area contributed by atoms with Gasteiger partial charge in [-0.25, -0.2) is 0 Å². The zero-order valence-electron chi connectivity index (χ0n) is 17.7. The predicted octanol–water partition coefficient (Wildman–Crippen LogP) is 0.776. The van der Waals surface area contributed by atoms with Crippen molar-refractivity contribution < 1.29 is 19.1 Å². The Labute approximate surface area is 182 Å². The highest BCUT2D eigenvalue weighted by Gasteiger charge is 2.39. The molecule has 0 aliphatic carbocycles. The van der Waals surface area contributed by atoms with E-state index in [0.29, 0.717) is 24.4 Å². The second-order valence-electron chi connectivity index (χ2n) is 9.29. The van der Waals surface area contributed by atoms with Gasteiger partial charge in [0, 0.05) is 37.7 Å². The van der Waals surface area contributed by atoms with Gasteiger partial charge in [-0.3, -0.25) is 24.6 Å². The molecule has 166 valence electrons. The number of amides is 3. The summed E-state index contributed by atoms with van der Waals surface area (Å²) in [4.78, 5) is 40.5. The quantitative estimate of drug-likeness (QED) is 0.690. The average Bonchev–Trinajstić information content (AvgIpc) is 3.32. The smallest absolute Gasteiger partial charge is 0.255 e. The molecule has 5 rings (SSSR count). The van der Waals surface area contributed by atoms with Crippen molar-refractivity contribution in [3.05, 3.63) is 34.9 Å². The minimum Gasteiger partial charge on any atom is -0.376 e. The molecule has 1 unspecified atom stereocenters. The lowest BCUT2D eigenvalue weighted by atomic mass is 9.87. The third-order valence-corrected chi connectivity index (χ3v) is 7.27. The van der Waals surface area contributed by atoms with Crippen LogP contribution in [0.25, 0.3) is 0 Å². The summed E-state index contributed by atoms with van der Waals surface area (Å²) in [6, 6.07) is 5.62. The van der Waals surface area contributed by atoms with E-state index in [0.717, 1.165) is 51.1 Å². The fourth-order valence-corrected chi connectivity index (χ4v) is 5.54. The normalized spacial score (nSPS) is 30.0. The van der Waals surface area contributed by atoms with Crippen molar-refractivity contribution in [3.8, 4) is 0 Å². The Hall–Kier alpha value is -2.29. The third kappa shape index (κ3) is 4.00. The number of ether oxygens (including phenoxy) is 1. The van der Waals surface area contributed by atoms with Crippen molar-refractivity contribution in [2.24, 2.45) is 11.7 Å². The molecule has 1 aromatic carbocycles. The minimum absolute atomic E-state index is 0.121. The number of benzene rings is 1. The summed E-state index contributed by atoms with van der Waals surface area (Å²) in [6.45, 7) is 4.11. The molecule has 0 aromatic heterocycles. The number of carbonyl (C=O) groups excluding carboxylic acids is 3. The number of hydrogen-bond donors (Lipinski definition) is 2. The van der Waals surface area contributed by atoms with Gasteiger partial charge < -0.3 is 15.4 Å². The maximum atomic E-state index is 12.8. The number of likely N-dealkylation sites (tertiary alicyclic amines) is 1. The molecular formula is C23H30N4O4. The van der Waals surface area contributed by atoms with Gasteiger partial charge in [0.1, 0.15) is 6.04 Å². The molecule has 3 fully saturated rings. The van der Waals surface area contributed by atoms with E-state index in [2.05, 4.69) is 16.3 Å². The van der Waals surface area contributed by atoms with E-state index in [9.17, 15) is 14.4 Å². The maximum absolute atomic E-state index is 12.8. The number of hydrogen-bond acceptors (Lipinski definition) is 6. The highest BCUT2D eigenvalue weighted by atomic mass is 16.5. The van der Waals surface area contributed by atoms with E-state index in [4.69, 9.17) is 10.5 Å². The second kappa shape index (κ2) is 8.33. The van der Waals surface area contributed by atoms with Crippen molar-refractivity contribution >= 4 is 17.7 Å². The predicted molar refractivity (Wildman–Crippen MR) is 113 cm³/mol. The van der Waals surface area contributed by atoms with Crippen LogP contribution in [0.3, 0.4) is 0 Å². The third-order valence-electron chi connectivity index (χ3n) is 7.27. The van der Waals surface area contributed by atoms with Crippen molar-refractivity contribution in [2.75, 3.05) is 19.7 Å². The molecule has 0 bridgehead atoms. The molecule has 8 nitrogen and oxygen atoms in total. The lowest BCUT2D eigenvalue weighted by Gasteiger charge is -2.35. The van der Waals surface area contributed by atoms with Crippen LogP contribution in [-0.4, -0.2) is 65.4 Å². The minimum atomic E-state index is -0.566.